The third kappa shape index (κ3) is 3.77. The molecule has 0 unspecified atom stereocenters. The molecule has 1 aliphatic carbocycles. The predicted molar refractivity (Wildman–Crippen MR) is 80.1 cm³/mol. The molecule has 21 heavy (non-hydrogen) atoms. The first-order chi connectivity index (χ1) is 10.3. The number of rotatable bonds is 2. The molecule has 1 amide bonds. The van der Waals surface area contributed by atoms with E-state index >= 15 is 0 Å². The molecule has 0 radical (unpaired) electrons. The predicted octanol–water partition coefficient (Wildman–Crippen LogP) is 2.92. The van der Waals surface area contributed by atoms with Gasteiger partial charge in [-0.25, -0.2) is 9.78 Å². The lowest BCUT2D eigenvalue weighted by Crippen LogP contribution is -2.36. The molecule has 0 aromatic carbocycles. The summed E-state index contributed by atoms with van der Waals surface area (Å²) in [5, 5.41) is 0. The highest BCUT2D eigenvalue weighted by molar-refractivity contribution is 5.67. The lowest BCUT2D eigenvalue weighted by molar-refractivity contribution is 0.0797. The Labute approximate surface area is 126 Å². The molecule has 1 aliphatic heterocycles. The Kier molecular flexibility index (Phi) is 4.78. The minimum atomic E-state index is -0.139. The zero-order chi connectivity index (χ0) is 14.5. The van der Waals surface area contributed by atoms with Crippen LogP contribution in [0.5, 0.6) is 0 Å². The number of carbonyl (C=O) groups excluding carboxylic acids is 1. The first-order valence-corrected chi connectivity index (χ1v) is 8.26. The van der Waals surface area contributed by atoms with Crippen LogP contribution in [0.1, 0.15) is 49.9 Å². The molecule has 5 nitrogen and oxygen atoms in total. The van der Waals surface area contributed by atoms with Crippen molar-refractivity contribution in [3.8, 4) is 0 Å². The molecule has 1 fully saturated rings. The molecule has 0 bridgehead atoms. The van der Waals surface area contributed by atoms with Gasteiger partial charge in [0.15, 0.2) is 0 Å². The first kappa shape index (κ1) is 14.4. The monoisotopic (exact) mass is 291 g/mol. The van der Waals surface area contributed by atoms with E-state index in [9.17, 15) is 4.79 Å². The second kappa shape index (κ2) is 6.96. The van der Waals surface area contributed by atoms with Crippen LogP contribution in [0.3, 0.4) is 0 Å². The molecule has 116 valence electrons. The summed E-state index contributed by atoms with van der Waals surface area (Å²) in [6.45, 7) is 2.09. The minimum absolute atomic E-state index is 0.139. The van der Waals surface area contributed by atoms with Crippen molar-refractivity contribution in [1.29, 1.82) is 0 Å². The lowest BCUT2D eigenvalue weighted by atomic mass is 9.90. The molecule has 2 heterocycles. The fraction of sp³-hybridized carbons (Fsp3) is 0.750. The van der Waals surface area contributed by atoms with Crippen LogP contribution in [-0.2, 0) is 17.6 Å². The number of nitrogens with one attached hydrogen (secondary N) is 1. The number of aryl methyl sites for hydroxylation is 1. The number of fused-ring (bicyclic) bond motifs is 1. The molecule has 0 spiro atoms. The van der Waals surface area contributed by atoms with Crippen molar-refractivity contribution in [3.63, 3.8) is 0 Å². The summed E-state index contributed by atoms with van der Waals surface area (Å²) in [5.41, 5.74) is 2.32. The Morgan fingerprint density at radius 1 is 1.24 bits per heavy atom. The Bertz CT molecular complexity index is 466. The fourth-order valence-corrected chi connectivity index (χ4v) is 3.40. The molecule has 3 rings (SSSR count). The van der Waals surface area contributed by atoms with E-state index in [1.807, 2.05) is 4.90 Å². The van der Waals surface area contributed by atoms with Crippen molar-refractivity contribution in [1.82, 2.24) is 14.9 Å². The van der Waals surface area contributed by atoms with Crippen LogP contribution in [0, 0.1) is 5.92 Å². The Balaban J connectivity index is 1.48. The van der Waals surface area contributed by atoms with Crippen molar-refractivity contribution in [3.05, 3.63) is 17.7 Å². The largest absolute Gasteiger partial charge is 0.449 e. The van der Waals surface area contributed by atoms with Gasteiger partial charge >= 0.3 is 6.09 Å². The summed E-state index contributed by atoms with van der Waals surface area (Å²) >= 11 is 0. The summed E-state index contributed by atoms with van der Waals surface area (Å²) in [4.78, 5) is 21.6. The van der Waals surface area contributed by atoms with Gasteiger partial charge in [-0.15, -0.1) is 0 Å². The highest BCUT2D eigenvalue weighted by atomic mass is 16.6. The Morgan fingerprint density at radius 2 is 2.10 bits per heavy atom. The van der Waals surface area contributed by atoms with E-state index in [0.29, 0.717) is 19.1 Å². The number of aromatic nitrogens is 2. The van der Waals surface area contributed by atoms with E-state index in [1.165, 1.54) is 37.8 Å². The maximum absolute atomic E-state index is 12.2. The van der Waals surface area contributed by atoms with Gasteiger partial charge in [-0.1, -0.05) is 19.3 Å². The summed E-state index contributed by atoms with van der Waals surface area (Å²) in [5.74, 6) is 0.579. The molecular formula is C16H25N3O2. The number of carbonyl (C=O) groups is 1. The minimum Gasteiger partial charge on any atom is -0.449 e. The second-order valence-electron chi connectivity index (χ2n) is 6.25. The number of hydrogen-bond donors (Lipinski definition) is 1. The quantitative estimate of drug-likeness (QED) is 0.911. The number of amides is 1. The van der Waals surface area contributed by atoms with Crippen LogP contribution in [0.15, 0.2) is 6.33 Å². The average Bonchev–Trinajstić information content (AvgIpc) is 2.92. The number of imidazole rings is 1. The maximum Gasteiger partial charge on any atom is 0.409 e. The van der Waals surface area contributed by atoms with E-state index < -0.39 is 0 Å². The van der Waals surface area contributed by atoms with Crippen molar-refractivity contribution < 1.29 is 9.53 Å². The lowest BCUT2D eigenvalue weighted by Gasteiger charge is -2.26. The van der Waals surface area contributed by atoms with E-state index in [4.69, 9.17) is 4.74 Å². The summed E-state index contributed by atoms with van der Waals surface area (Å²) < 4.78 is 5.55. The average molecular weight is 291 g/mol. The van der Waals surface area contributed by atoms with E-state index in [-0.39, 0.29) is 6.09 Å². The summed E-state index contributed by atoms with van der Waals surface area (Å²) in [7, 11) is 0. The topological polar surface area (TPSA) is 58.2 Å². The fourth-order valence-electron chi connectivity index (χ4n) is 3.40. The van der Waals surface area contributed by atoms with E-state index in [2.05, 4.69) is 9.97 Å². The number of ether oxygens (including phenoxy) is 1. The molecule has 1 aromatic rings. The number of H-pyrrole nitrogens is 1. The third-order valence-electron chi connectivity index (χ3n) is 4.71. The summed E-state index contributed by atoms with van der Waals surface area (Å²) in [6.07, 6.45) is 10.7. The third-order valence-corrected chi connectivity index (χ3v) is 4.71. The molecule has 2 aliphatic rings. The Hall–Kier alpha value is -1.52. The molecule has 5 heteroatoms. The number of aromatic amines is 1. The van der Waals surface area contributed by atoms with E-state index in [0.717, 1.165) is 31.5 Å². The highest BCUT2D eigenvalue weighted by Gasteiger charge is 2.21. The SMILES string of the molecule is O=C(OCC1CCCCC1)N1CCCc2[nH]cnc2CC1. The van der Waals surface area contributed by atoms with Gasteiger partial charge in [-0.2, -0.15) is 0 Å². The van der Waals surface area contributed by atoms with Gasteiger partial charge in [-0.3, -0.25) is 0 Å². The van der Waals surface area contributed by atoms with Crippen LogP contribution >= 0.6 is 0 Å². The van der Waals surface area contributed by atoms with Crippen LogP contribution in [0.2, 0.25) is 0 Å². The van der Waals surface area contributed by atoms with Gasteiger partial charge in [-0.05, 0) is 31.6 Å². The van der Waals surface area contributed by atoms with Crippen molar-refractivity contribution >= 4 is 6.09 Å². The molecular weight excluding hydrogens is 266 g/mol. The van der Waals surface area contributed by atoms with Crippen LogP contribution < -0.4 is 0 Å². The highest BCUT2D eigenvalue weighted by Crippen LogP contribution is 2.24. The standard InChI is InChI=1S/C16H25N3O2/c20-16(21-11-13-5-2-1-3-6-13)19-9-4-7-14-15(8-10-19)18-12-17-14/h12-13H,1-11H2,(H,17,18). The Morgan fingerprint density at radius 3 is 2.95 bits per heavy atom. The summed E-state index contributed by atoms with van der Waals surface area (Å²) in [6, 6.07) is 0. The smallest absolute Gasteiger partial charge is 0.409 e. The van der Waals surface area contributed by atoms with Gasteiger partial charge in [0.25, 0.3) is 0 Å². The number of nitrogens with zero attached hydrogens (tertiary/aromatic N) is 2. The van der Waals surface area contributed by atoms with Crippen molar-refractivity contribution in [2.45, 2.75) is 51.4 Å². The maximum atomic E-state index is 12.2. The van der Waals surface area contributed by atoms with Crippen LogP contribution in [-0.4, -0.2) is 40.7 Å². The molecule has 1 N–H and O–H groups in total. The zero-order valence-corrected chi connectivity index (χ0v) is 12.6. The molecule has 0 atom stereocenters. The van der Waals surface area contributed by atoms with Gasteiger partial charge in [0.05, 0.1) is 18.6 Å². The van der Waals surface area contributed by atoms with Gasteiger partial charge in [0.1, 0.15) is 0 Å². The molecule has 1 aromatic heterocycles. The number of hydrogen-bond acceptors (Lipinski definition) is 3. The second-order valence-corrected chi connectivity index (χ2v) is 6.25. The van der Waals surface area contributed by atoms with Gasteiger partial charge in [0, 0.05) is 25.2 Å². The van der Waals surface area contributed by atoms with Crippen molar-refractivity contribution in [2.24, 2.45) is 5.92 Å². The normalized spacial score (nSPS) is 20.5. The van der Waals surface area contributed by atoms with Gasteiger partial charge < -0.3 is 14.6 Å². The van der Waals surface area contributed by atoms with Gasteiger partial charge in [0.2, 0.25) is 0 Å². The van der Waals surface area contributed by atoms with Crippen LogP contribution in [0.4, 0.5) is 4.79 Å². The van der Waals surface area contributed by atoms with E-state index in [1.54, 1.807) is 6.33 Å². The van der Waals surface area contributed by atoms with Crippen LogP contribution in [0.25, 0.3) is 0 Å². The van der Waals surface area contributed by atoms with Crippen molar-refractivity contribution in [2.75, 3.05) is 19.7 Å². The zero-order valence-electron chi connectivity index (χ0n) is 12.6. The first-order valence-electron chi connectivity index (χ1n) is 8.26. The molecule has 1 saturated carbocycles. The molecule has 0 saturated heterocycles.